The fourth-order valence-corrected chi connectivity index (χ4v) is 1.62. The highest BCUT2D eigenvalue weighted by Crippen LogP contribution is 2.31. The normalized spacial score (nSPS) is 16.9. The summed E-state index contributed by atoms with van der Waals surface area (Å²) in [6.07, 6.45) is -0.187. The molecule has 102 valence electrons. The Balaban J connectivity index is 4.62. The molecule has 0 aromatic heterocycles. The maximum Gasteiger partial charge on any atom is 0.0909 e. The Labute approximate surface area is 104 Å². The molecule has 0 fully saturated rings. The molecule has 0 aliphatic carbocycles. The Bertz CT molecular complexity index is 227. The molecule has 0 aliphatic rings. The fraction of sp³-hybridized carbons (Fsp3) is 0.846. The lowest BCUT2D eigenvalue weighted by Gasteiger charge is -2.38. The molecule has 0 saturated heterocycles. The van der Waals surface area contributed by atoms with Crippen LogP contribution in [0.1, 0.15) is 27.7 Å². The van der Waals surface area contributed by atoms with Crippen LogP contribution in [0.15, 0.2) is 12.2 Å². The van der Waals surface area contributed by atoms with Crippen LogP contribution < -0.4 is 0 Å². The predicted molar refractivity (Wildman–Crippen MR) is 67.9 cm³/mol. The first kappa shape index (κ1) is 16.6. The molecule has 0 bridgehead atoms. The van der Waals surface area contributed by atoms with Crippen LogP contribution in [-0.4, -0.2) is 48.3 Å². The molecule has 2 unspecified atom stereocenters. The van der Waals surface area contributed by atoms with Crippen LogP contribution in [0.5, 0.6) is 0 Å². The van der Waals surface area contributed by atoms with E-state index in [2.05, 4.69) is 6.58 Å². The Morgan fingerprint density at radius 1 is 1.18 bits per heavy atom. The van der Waals surface area contributed by atoms with Crippen LogP contribution >= 0.6 is 0 Å². The van der Waals surface area contributed by atoms with Crippen molar-refractivity contribution in [1.82, 2.24) is 0 Å². The van der Waals surface area contributed by atoms with Crippen molar-refractivity contribution < 1.29 is 19.7 Å². The van der Waals surface area contributed by atoms with Gasteiger partial charge in [0.2, 0.25) is 0 Å². The van der Waals surface area contributed by atoms with Gasteiger partial charge in [0.1, 0.15) is 0 Å². The van der Waals surface area contributed by atoms with Gasteiger partial charge in [-0.1, -0.05) is 20.4 Å². The molecule has 0 aromatic rings. The van der Waals surface area contributed by atoms with Crippen molar-refractivity contribution in [2.45, 2.75) is 39.4 Å². The Morgan fingerprint density at radius 3 is 2.12 bits per heavy atom. The first-order chi connectivity index (χ1) is 7.90. The number of ether oxygens (including phenoxy) is 2. The number of hydrogen-bond donors (Lipinski definition) is 2. The van der Waals surface area contributed by atoms with Gasteiger partial charge in [-0.2, -0.15) is 0 Å². The van der Waals surface area contributed by atoms with Gasteiger partial charge in [0.15, 0.2) is 0 Å². The number of rotatable bonds is 9. The molecular formula is C13H26O4. The minimum Gasteiger partial charge on any atom is -0.394 e. The Kier molecular flexibility index (Phi) is 7.63. The first-order valence-electron chi connectivity index (χ1n) is 6.06. The highest BCUT2D eigenvalue weighted by molar-refractivity contribution is 5.17. The summed E-state index contributed by atoms with van der Waals surface area (Å²) in [7, 11) is 0. The van der Waals surface area contributed by atoms with Crippen LogP contribution in [0, 0.1) is 5.92 Å². The van der Waals surface area contributed by atoms with E-state index in [0.717, 1.165) is 5.57 Å². The summed E-state index contributed by atoms with van der Waals surface area (Å²) in [5, 5.41) is 17.6. The van der Waals surface area contributed by atoms with Gasteiger partial charge in [-0.15, -0.1) is 0 Å². The maximum atomic E-state index is 8.85. The van der Waals surface area contributed by atoms with Crippen molar-refractivity contribution in [2.75, 3.05) is 26.4 Å². The molecule has 0 amide bonds. The third-order valence-electron chi connectivity index (χ3n) is 3.18. The highest BCUT2D eigenvalue weighted by atomic mass is 16.5. The zero-order valence-electron chi connectivity index (χ0n) is 11.4. The highest BCUT2D eigenvalue weighted by Gasteiger charge is 2.35. The van der Waals surface area contributed by atoms with E-state index in [1.807, 2.05) is 27.7 Å². The molecule has 17 heavy (non-hydrogen) atoms. The lowest BCUT2D eigenvalue weighted by atomic mass is 9.83. The van der Waals surface area contributed by atoms with Crippen LogP contribution in [-0.2, 0) is 9.47 Å². The Morgan fingerprint density at radius 2 is 1.71 bits per heavy atom. The van der Waals surface area contributed by atoms with E-state index in [1.165, 1.54) is 0 Å². The topological polar surface area (TPSA) is 58.9 Å². The van der Waals surface area contributed by atoms with Crippen molar-refractivity contribution in [2.24, 2.45) is 5.92 Å². The lowest BCUT2D eigenvalue weighted by Crippen LogP contribution is -2.42. The summed E-state index contributed by atoms with van der Waals surface area (Å²) in [4.78, 5) is 0. The van der Waals surface area contributed by atoms with Crippen molar-refractivity contribution in [3.63, 3.8) is 0 Å². The SMILES string of the molecule is C=C(C(C)OCCO)C(C)(OCCO)C(C)C. The zero-order valence-corrected chi connectivity index (χ0v) is 11.4. The van der Waals surface area contributed by atoms with Gasteiger partial charge in [-0.05, 0) is 25.3 Å². The smallest absolute Gasteiger partial charge is 0.0909 e. The molecular weight excluding hydrogens is 220 g/mol. The van der Waals surface area contributed by atoms with Crippen molar-refractivity contribution in [3.8, 4) is 0 Å². The third kappa shape index (κ3) is 4.76. The van der Waals surface area contributed by atoms with Gasteiger partial charge in [0, 0.05) is 0 Å². The van der Waals surface area contributed by atoms with E-state index in [0.29, 0.717) is 0 Å². The molecule has 0 aliphatic heterocycles. The number of hydrogen-bond acceptors (Lipinski definition) is 4. The molecule has 0 spiro atoms. The van der Waals surface area contributed by atoms with Crippen molar-refractivity contribution >= 4 is 0 Å². The average molecular weight is 246 g/mol. The van der Waals surface area contributed by atoms with Gasteiger partial charge in [-0.25, -0.2) is 0 Å². The summed E-state index contributed by atoms with van der Waals surface area (Å²) in [6, 6.07) is 0. The van der Waals surface area contributed by atoms with Crippen LogP contribution in [0.3, 0.4) is 0 Å². The summed E-state index contributed by atoms with van der Waals surface area (Å²) >= 11 is 0. The molecule has 0 aromatic carbocycles. The predicted octanol–water partition coefficient (Wildman–Crippen LogP) is 1.36. The van der Waals surface area contributed by atoms with E-state index in [-0.39, 0.29) is 38.4 Å². The van der Waals surface area contributed by atoms with Gasteiger partial charge >= 0.3 is 0 Å². The minimum atomic E-state index is -0.530. The van der Waals surface area contributed by atoms with Gasteiger partial charge in [0.25, 0.3) is 0 Å². The summed E-state index contributed by atoms with van der Waals surface area (Å²) in [5.41, 5.74) is 0.298. The molecule has 2 atom stereocenters. The zero-order chi connectivity index (χ0) is 13.5. The van der Waals surface area contributed by atoms with Crippen molar-refractivity contribution in [3.05, 3.63) is 12.2 Å². The van der Waals surface area contributed by atoms with Gasteiger partial charge in [0.05, 0.1) is 38.1 Å². The molecule has 0 saturated carbocycles. The standard InChI is InChI=1S/C13H26O4/c1-10(2)13(5,17-9-7-15)11(3)12(4)16-8-6-14/h10,12,14-15H,3,6-9H2,1-2,4-5H3. The maximum absolute atomic E-state index is 8.85. The average Bonchev–Trinajstić information content (AvgIpc) is 2.31. The van der Waals surface area contributed by atoms with Gasteiger partial charge in [-0.3, -0.25) is 0 Å². The van der Waals surface area contributed by atoms with Crippen LogP contribution in [0.4, 0.5) is 0 Å². The third-order valence-corrected chi connectivity index (χ3v) is 3.18. The monoisotopic (exact) mass is 246 g/mol. The largest absolute Gasteiger partial charge is 0.394 e. The second kappa shape index (κ2) is 7.82. The molecule has 0 radical (unpaired) electrons. The lowest BCUT2D eigenvalue weighted by molar-refractivity contribution is -0.0669. The minimum absolute atomic E-state index is 0.00644. The molecule has 0 heterocycles. The van der Waals surface area contributed by atoms with E-state index in [1.54, 1.807) is 0 Å². The van der Waals surface area contributed by atoms with Crippen LogP contribution in [0.2, 0.25) is 0 Å². The Hall–Kier alpha value is -0.420. The van der Waals surface area contributed by atoms with E-state index < -0.39 is 5.60 Å². The van der Waals surface area contributed by atoms with Gasteiger partial charge < -0.3 is 19.7 Å². The molecule has 4 nitrogen and oxygen atoms in total. The first-order valence-corrected chi connectivity index (χ1v) is 6.06. The fourth-order valence-electron chi connectivity index (χ4n) is 1.62. The quantitative estimate of drug-likeness (QED) is 0.603. The molecule has 2 N–H and O–H groups in total. The van der Waals surface area contributed by atoms with Crippen molar-refractivity contribution in [1.29, 1.82) is 0 Å². The molecule has 0 rings (SSSR count). The second-order valence-corrected chi connectivity index (χ2v) is 4.60. The van der Waals surface area contributed by atoms with E-state index in [4.69, 9.17) is 19.7 Å². The van der Waals surface area contributed by atoms with Crippen LogP contribution in [0.25, 0.3) is 0 Å². The number of aliphatic hydroxyl groups excluding tert-OH is 2. The number of aliphatic hydroxyl groups is 2. The second-order valence-electron chi connectivity index (χ2n) is 4.60. The summed E-state index contributed by atoms with van der Waals surface area (Å²) < 4.78 is 11.1. The summed E-state index contributed by atoms with van der Waals surface area (Å²) in [5.74, 6) is 0.224. The molecule has 4 heteroatoms. The summed E-state index contributed by atoms with van der Waals surface area (Å²) in [6.45, 7) is 12.5. The van der Waals surface area contributed by atoms with E-state index in [9.17, 15) is 0 Å². The van der Waals surface area contributed by atoms with E-state index >= 15 is 0 Å².